The number of benzene rings is 2. The summed E-state index contributed by atoms with van der Waals surface area (Å²) in [7, 11) is 6.57. The molecule has 3 heteroatoms. The quantitative estimate of drug-likeness (QED) is 0.827. The van der Waals surface area contributed by atoms with Crippen LogP contribution in [0, 0.1) is 6.92 Å². The minimum Gasteiger partial charge on any atom is -0.374 e. The highest BCUT2D eigenvalue weighted by molar-refractivity contribution is 5.83. The van der Waals surface area contributed by atoms with Crippen LogP contribution in [-0.4, -0.2) is 27.7 Å². The molecule has 1 atom stereocenters. The van der Waals surface area contributed by atoms with Gasteiger partial charge in [-0.05, 0) is 36.6 Å². The fourth-order valence-electron chi connectivity index (χ4n) is 3.70. The Morgan fingerprint density at radius 1 is 1.00 bits per heavy atom. The standard InChI is InChI=1S/C20H27N3/c1-6-12-21(3)17-14-19-18(13-15(17)2)22(4)20(23(19)5)16-10-8-7-9-11-16/h7-11,13-14,20H,6,12H2,1-5H3. The molecule has 1 unspecified atom stereocenters. The van der Waals surface area contributed by atoms with E-state index in [1.54, 1.807) is 0 Å². The van der Waals surface area contributed by atoms with Gasteiger partial charge < -0.3 is 14.7 Å². The Balaban J connectivity index is 2.02. The van der Waals surface area contributed by atoms with Gasteiger partial charge in [0.25, 0.3) is 0 Å². The average molecular weight is 309 g/mol. The van der Waals surface area contributed by atoms with Gasteiger partial charge in [0.2, 0.25) is 0 Å². The van der Waals surface area contributed by atoms with E-state index in [0.717, 1.165) is 13.0 Å². The monoisotopic (exact) mass is 309 g/mol. The van der Waals surface area contributed by atoms with E-state index in [0.29, 0.717) is 0 Å². The molecule has 0 N–H and O–H groups in total. The predicted octanol–water partition coefficient (Wildman–Crippen LogP) is 4.43. The number of hydrogen-bond acceptors (Lipinski definition) is 3. The maximum absolute atomic E-state index is 2.38. The van der Waals surface area contributed by atoms with E-state index in [1.165, 1.54) is 28.2 Å². The summed E-state index contributed by atoms with van der Waals surface area (Å²) in [4.78, 5) is 7.12. The van der Waals surface area contributed by atoms with Crippen molar-refractivity contribution < 1.29 is 0 Å². The lowest BCUT2D eigenvalue weighted by atomic mass is 10.1. The van der Waals surface area contributed by atoms with Crippen LogP contribution in [0.3, 0.4) is 0 Å². The summed E-state index contributed by atoms with van der Waals surface area (Å²) in [6, 6.07) is 15.4. The van der Waals surface area contributed by atoms with Crippen molar-refractivity contribution in [2.75, 3.05) is 42.4 Å². The van der Waals surface area contributed by atoms with Gasteiger partial charge in [-0.3, -0.25) is 0 Å². The zero-order valence-electron chi connectivity index (χ0n) is 14.9. The van der Waals surface area contributed by atoms with Crippen molar-refractivity contribution in [2.45, 2.75) is 26.4 Å². The number of hydrogen-bond donors (Lipinski definition) is 0. The summed E-state index contributed by atoms with van der Waals surface area (Å²) in [5, 5.41) is 0. The molecule has 1 aliphatic rings. The fourth-order valence-corrected chi connectivity index (χ4v) is 3.70. The number of aryl methyl sites for hydroxylation is 1. The Hall–Kier alpha value is -2.16. The lowest BCUT2D eigenvalue weighted by Gasteiger charge is -2.28. The molecule has 2 aromatic carbocycles. The van der Waals surface area contributed by atoms with Gasteiger partial charge >= 0.3 is 0 Å². The van der Waals surface area contributed by atoms with E-state index in [-0.39, 0.29) is 6.17 Å². The smallest absolute Gasteiger partial charge is 0.128 e. The van der Waals surface area contributed by atoms with Crippen molar-refractivity contribution in [1.29, 1.82) is 0 Å². The summed E-state index contributed by atoms with van der Waals surface area (Å²) in [6.07, 6.45) is 1.42. The van der Waals surface area contributed by atoms with Gasteiger partial charge in [-0.1, -0.05) is 37.3 Å². The second kappa shape index (κ2) is 6.15. The van der Waals surface area contributed by atoms with Gasteiger partial charge in [-0.2, -0.15) is 0 Å². The van der Waals surface area contributed by atoms with Crippen LogP contribution in [-0.2, 0) is 0 Å². The second-order valence-electron chi connectivity index (χ2n) is 6.56. The molecule has 1 aliphatic heterocycles. The van der Waals surface area contributed by atoms with Gasteiger partial charge in [0.1, 0.15) is 6.17 Å². The first kappa shape index (κ1) is 15.7. The molecule has 3 nitrogen and oxygen atoms in total. The predicted molar refractivity (Wildman–Crippen MR) is 101 cm³/mol. The van der Waals surface area contributed by atoms with Crippen LogP contribution in [0.25, 0.3) is 0 Å². The molecule has 122 valence electrons. The second-order valence-corrected chi connectivity index (χ2v) is 6.56. The normalized spacial score (nSPS) is 16.7. The van der Waals surface area contributed by atoms with E-state index >= 15 is 0 Å². The molecule has 0 radical (unpaired) electrons. The van der Waals surface area contributed by atoms with Crippen molar-refractivity contribution in [3.63, 3.8) is 0 Å². The van der Waals surface area contributed by atoms with E-state index in [1.807, 2.05) is 0 Å². The third kappa shape index (κ3) is 2.65. The minimum atomic E-state index is 0.261. The lowest BCUT2D eigenvalue weighted by Crippen LogP contribution is -2.30. The van der Waals surface area contributed by atoms with Gasteiger partial charge in [-0.15, -0.1) is 0 Å². The van der Waals surface area contributed by atoms with Crippen LogP contribution < -0.4 is 14.7 Å². The SMILES string of the molecule is CCCN(C)c1cc2c(cc1C)N(C)C(c1ccccc1)N2C. The molecular formula is C20H27N3. The van der Waals surface area contributed by atoms with Gasteiger partial charge in [0.05, 0.1) is 11.4 Å². The van der Waals surface area contributed by atoms with Crippen molar-refractivity contribution in [2.24, 2.45) is 0 Å². The Bertz CT molecular complexity index is 681. The zero-order chi connectivity index (χ0) is 16.6. The van der Waals surface area contributed by atoms with Crippen LogP contribution in [0.5, 0.6) is 0 Å². The number of anilines is 3. The number of rotatable bonds is 4. The van der Waals surface area contributed by atoms with Crippen LogP contribution in [0.4, 0.5) is 17.1 Å². The van der Waals surface area contributed by atoms with Crippen LogP contribution in [0.2, 0.25) is 0 Å². The Labute approximate surface area is 140 Å². The Kier molecular flexibility index (Phi) is 4.20. The molecule has 0 aromatic heterocycles. The van der Waals surface area contributed by atoms with E-state index in [4.69, 9.17) is 0 Å². The molecule has 0 spiro atoms. The van der Waals surface area contributed by atoms with Crippen molar-refractivity contribution in [3.05, 3.63) is 53.6 Å². The molecule has 1 heterocycles. The molecule has 0 saturated heterocycles. The zero-order valence-corrected chi connectivity index (χ0v) is 14.9. The molecule has 0 bridgehead atoms. The molecular weight excluding hydrogens is 282 g/mol. The largest absolute Gasteiger partial charge is 0.374 e. The molecule has 23 heavy (non-hydrogen) atoms. The van der Waals surface area contributed by atoms with E-state index in [9.17, 15) is 0 Å². The first-order chi connectivity index (χ1) is 11.0. The molecule has 0 amide bonds. The molecule has 3 rings (SSSR count). The molecule has 2 aromatic rings. The third-order valence-corrected chi connectivity index (χ3v) is 4.85. The van der Waals surface area contributed by atoms with Gasteiger partial charge in [-0.25, -0.2) is 0 Å². The maximum Gasteiger partial charge on any atom is 0.128 e. The van der Waals surface area contributed by atoms with Crippen LogP contribution >= 0.6 is 0 Å². The fraction of sp³-hybridized carbons (Fsp3) is 0.400. The average Bonchev–Trinajstić information content (AvgIpc) is 2.78. The molecule has 0 saturated carbocycles. The number of fused-ring (bicyclic) bond motifs is 1. The highest BCUT2D eigenvalue weighted by Crippen LogP contribution is 2.46. The summed E-state index contributed by atoms with van der Waals surface area (Å²) < 4.78 is 0. The van der Waals surface area contributed by atoms with Crippen LogP contribution in [0.1, 0.15) is 30.6 Å². The number of nitrogens with zero attached hydrogens (tertiary/aromatic N) is 3. The first-order valence-electron chi connectivity index (χ1n) is 8.41. The maximum atomic E-state index is 2.38. The first-order valence-corrected chi connectivity index (χ1v) is 8.41. The Morgan fingerprint density at radius 2 is 1.61 bits per heavy atom. The third-order valence-electron chi connectivity index (χ3n) is 4.85. The summed E-state index contributed by atoms with van der Waals surface area (Å²) >= 11 is 0. The highest BCUT2D eigenvalue weighted by atomic mass is 15.4. The van der Waals surface area contributed by atoms with E-state index in [2.05, 4.69) is 92.2 Å². The van der Waals surface area contributed by atoms with E-state index < -0.39 is 0 Å². The summed E-state index contributed by atoms with van der Waals surface area (Å²) in [5.74, 6) is 0. The summed E-state index contributed by atoms with van der Waals surface area (Å²) in [5.41, 5.74) is 6.63. The van der Waals surface area contributed by atoms with Crippen molar-refractivity contribution >= 4 is 17.1 Å². The van der Waals surface area contributed by atoms with Crippen LogP contribution in [0.15, 0.2) is 42.5 Å². The lowest BCUT2D eigenvalue weighted by molar-refractivity contribution is 0.694. The van der Waals surface area contributed by atoms with Crippen molar-refractivity contribution in [3.8, 4) is 0 Å². The molecule has 0 aliphatic carbocycles. The van der Waals surface area contributed by atoms with Gasteiger partial charge in [0, 0.05) is 33.4 Å². The highest BCUT2D eigenvalue weighted by Gasteiger charge is 2.33. The Morgan fingerprint density at radius 3 is 2.22 bits per heavy atom. The summed E-state index contributed by atoms with van der Waals surface area (Å²) in [6.45, 7) is 5.53. The van der Waals surface area contributed by atoms with Crippen molar-refractivity contribution in [1.82, 2.24) is 0 Å². The van der Waals surface area contributed by atoms with Gasteiger partial charge in [0.15, 0.2) is 0 Å². The topological polar surface area (TPSA) is 9.72 Å². The minimum absolute atomic E-state index is 0.261. The molecule has 0 fully saturated rings.